The molecule has 13 heavy (non-hydrogen) atoms. The van der Waals surface area contributed by atoms with Gasteiger partial charge in [0.25, 0.3) is 0 Å². The Morgan fingerprint density at radius 1 is 1.69 bits per heavy atom. The van der Waals surface area contributed by atoms with Gasteiger partial charge in [0, 0.05) is 32.6 Å². The smallest absolute Gasteiger partial charge is 0.133 e. The number of nitrogens with two attached hydrogens (primary N) is 1. The average Bonchev–Trinajstić information content (AvgIpc) is 2.52. The van der Waals surface area contributed by atoms with Gasteiger partial charge in [0.05, 0.1) is 0 Å². The maximum Gasteiger partial charge on any atom is 0.133 e. The van der Waals surface area contributed by atoms with Crippen LogP contribution < -0.4 is 11.1 Å². The van der Waals surface area contributed by atoms with Gasteiger partial charge in [-0.05, 0) is 6.92 Å². The lowest BCUT2D eigenvalue weighted by molar-refractivity contribution is 0.549. The number of rotatable bonds is 5. The van der Waals surface area contributed by atoms with Crippen molar-refractivity contribution in [2.75, 3.05) is 13.1 Å². The van der Waals surface area contributed by atoms with Crippen molar-refractivity contribution in [3.05, 3.63) is 12.2 Å². The second-order valence-electron chi connectivity index (χ2n) is 3.20. The highest BCUT2D eigenvalue weighted by molar-refractivity contribution is 4.85. The third kappa shape index (κ3) is 3.12. The number of nitrogens with zero attached hydrogens (tertiary/aromatic N) is 3. The molecule has 1 atom stereocenters. The minimum absolute atomic E-state index is 0.369. The molecule has 0 aliphatic carbocycles. The van der Waals surface area contributed by atoms with Crippen LogP contribution in [0.1, 0.15) is 12.7 Å². The van der Waals surface area contributed by atoms with Gasteiger partial charge in [-0.2, -0.15) is 0 Å². The third-order valence-corrected chi connectivity index (χ3v) is 2.00. The van der Waals surface area contributed by atoms with Crippen LogP contribution in [0.3, 0.4) is 0 Å². The molecule has 0 radical (unpaired) electrons. The van der Waals surface area contributed by atoms with Crippen molar-refractivity contribution in [1.82, 2.24) is 20.1 Å². The Labute approximate surface area is 78.3 Å². The second-order valence-corrected chi connectivity index (χ2v) is 3.20. The van der Waals surface area contributed by atoms with Crippen LogP contribution in [0.5, 0.6) is 0 Å². The molecule has 0 spiro atoms. The lowest BCUT2D eigenvalue weighted by Crippen LogP contribution is -2.34. The fourth-order valence-corrected chi connectivity index (χ4v) is 1.05. The van der Waals surface area contributed by atoms with E-state index in [-0.39, 0.29) is 0 Å². The van der Waals surface area contributed by atoms with E-state index in [1.54, 1.807) is 6.33 Å². The summed E-state index contributed by atoms with van der Waals surface area (Å²) in [7, 11) is 1.95. The average molecular weight is 183 g/mol. The van der Waals surface area contributed by atoms with Crippen LogP contribution in [0.4, 0.5) is 0 Å². The molecule has 0 saturated heterocycles. The van der Waals surface area contributed by atoms with Crippen molar-refractivity contribution in [1.29, 1.82) is 0 Å². The quantitative estimate of drug-likeness (QED) is 0.633. The number of hydrogen-bond acceptors (Lipinski definition) is 4. The van der Waals surface area contributed by atoms with E-state index in [9.17, 15) is 0 Å². The number of aryl methyl sites for hydroxylation is 1. The van der Waals surface area contributed by atoms with E-state index in [2.05, 4.69) is 22.4 Å². The monoisotopic (exact) mass is 183 g/mol. The highest BCUT2D eigenvalue weighted by atomic mass is 15.2. The lowest BCUT2D eigenvalue weighted by atomic mass is 10.3. The van der Waals surface area contributed by atoms with E-state index < -0.39 is 0 Å². The van der Waals surface area contributed by atoms with Gasteiger partial charge < -0.3 is 15.6 Å². The number of hydrogen-bond donors (Lipinski definition) is 2. The largest absolute Gasteiger partial charge is 0.329 e. The molecule has 0 aliphatic rings. The van der Waals surface area contributed by atoms with Crippen molar-refractivity contribution in [3.63, 3.8) is 0 Å². The van der Waals surface area contributed by atoms with Crippen LogP contribution in [-0.4, -0.2) is 33.9 Å². The van der Waals surface area contributed by atoms with E-state index in [4.69, 9.17) is 5.73 Å². The molecule has 1 heterocycles. The molecule has 0 aliphatic heterocycles. The summed E-state index contributed by atoms with van der Waals surface area (Å²) in [5.74, 6) is 0.997. The van der Waals surface area contributed by atoms with Gasteiger partial charge in [-0.15, -0.1) is 10.2 Å². The normalized spacial score (nSPS) is 13.2. The van der Waals surface area contributed by atoms with Gasteiger partial charge >= 0.3 is 0 Å². The van der Waals surface area contributed by atoms with Gasteiger partial charge in [0.15, 0.2) is 0 Å². The number of nitrogens with one attached hydrogen (secondary N) is 1. The highest BCUT2D eigenvalue weighted by Crippen LogP contribution is 1.91. The summed E-state index contributed by atoms with van der Waals surface area (Å²) < 4.78 is 1.93. The maximum absolute atomic E-state index is 5.47. The molecule has 3 N–H and O–H groups in total. The molecule has 5 nitrogen and oxygen atoms in total. The van der Waals surface area contributed by atoms with Gasteiger partial charge in [-0.3, -0.25) is 0 Å². The Balaban J connectivity index is 2.24. The van der Waals surface area contributed by atoms with Crippen LogP contribution in [0.25, 0.3) is 0 Å². The molecule has 0 fully saturated rings. The molecule has 0 bridgehead atoms. The van der Waals surface area contributed by atoms with Crippen molar-refractivity contribution in [2.45, 2.75) is 19.4 Å². The molecule has 1 rings (SSSR count). The SMILES string of the molecule is CC(CN)NCCc1nncn1C. The highest BCUT2D eigenvalue weighted by Gasteiger charge is 2.01. The first-order valence-corrected chi connectivity index (χ1v) is 4.50. The molecule has 0 amide bonds. The predicted octanol–water partition coefficient (Wildman–Crippen LogP) is -0.706. The van der Waals surface area contributed by atoms with Crippen LogP contribution >= 0.6 is 0 Å². The van der Waals surface area contributed by atoms with Crippen LogP contribution in [0.2, 0.25) is 0 Å². The van der Waals surface area contributed by atoms with E-state index in [1.807, 2.05) is 11.6 Å². The van der Waals surface area contributed by atoms with Gasteiger partial charge in [-0.25, -0.2) is 0 Å². The van der Waals surface area contributed by atoms with Crippen molar-refractivity contribution in [3.8, 4) is 0 Å². The minimum Gasteiger partial charge on any atom is -0.329 e. The van der Waals surface area contributed by atoms with Crippen molar-refractivity contribution in [2.24, 2.45) is 12.8 Å². The van der Waals surface area contributed by atoms with E-state index in [1.165, 1.54) is 0 Å². The maximum atomic E-state index is 5.47. The van der Waals surface area contributed by atoms with E-state index >= 15 is 0 Å². The minimum atomic E-state index is 0.369. The fraction of sp³-hybridized carbons (Fsp3) is 0.750. The summed E-state index contributed by atoms with van der Waals surface area (Å²) >= 11 is 0. The van der Waals surface area contributed by atoms with Crippen LogP contribution in [0, 0.1) is 0 Å². The Hall–Kier alpha value is -0.940. The Bertz CT molecular complexity index is 244. The molecule has 1 unspecified atom stereocenters. The molecule has 5 heteroatoms. The summed E-state index contributed by atoms with van der Waals surface area (Å²) in [5, 5.41) is 11.1. The number of aromatic nitrogens is 3. The summed E-state index contributed by atoms with van der Waals surface area (Å²) in [6, 6.07) is 0.369. The molecular formula is C8H17N5. The van der Waals surface area contributed by atoms with Gasteiger partial charge in [0.1, 0.15) is 12.2 Å². The zero-order chi connectivity index (χ0) is 9.68. The molecule has 1 aromatic rings. The lowest BCUT2D eigenvalue weighted by Gasteiger charge is -2.09. The standard InChI is InChI=1S/C8H17N5/c1-7(5-9)10-4-3-8-12-11-6-13(8)2/h6-7,10H,3-5,9H2,1-2H3. The molecule has 74 valence electrons. The molecule has 0 saturated carbocycles. The first-order chi connectivity index (χ1) is 6.24. The first-order valence-electron chi connectivity index (χ1n) is 4.50. The van der Waals surface area contributed by atoms with Gasteiger partial charge in [0.2, 0.25) is 0 Å². The summed E-state index contributed by atoms with van der Waals surface area (Å²) in [5.41, 5.74) is 5.47. The molecule has 1 aromatic heterocycles. The predicted molar refractivity (Wildman–Crippen MR) is 51.2 cm³/mol. The second kappa shape index (κ2) is 4.94. The summed E-state index contributed by atoms with van der Waals surface area (Å²) in [6.45, 7) is 3.63. The van der Waals surface area contributed by atoms with Crippen molar-refractivity contribution >= 4 is 0 Å². The fourth-order valence-electron chi connectivity index (χ4n) is 1.05. The molecule has 0 aromatic carbocycles. The van der Waals surface area contributed by atoms with Gasteiger partial charge in [-0.1, -0.05) is 0 Å². The molecular weight excluding hydrogens is 166 g/mol. The first kappa shape index (κ1) is 10.1. The van der Waals surface area contributed by atoms with E-state index in [0.717, 1.165) is 18.8 Å². The van der Waals surface area contributed by atoms with E-state index in [0.29, 0.717) is 12.6 Å². The summed E-state index contributed by atoms with van der Waals surface area (Å²) in [4.78, 5) is 0. The summed E-state index contributed by atoms with van der Waals surface area (Å²) in [6.07, 6.45) is 2.60. The van der Waals surface area contributed by atoms with Crippen LogP contribution in [-0.2, 0) is 13.5 Å². The Kier molecular flexibility index (Phi) is 3.85. The third-order valence-electron chi connectivity index (χ3n) is 2.00. The zero-order valence-corrected chi connectivity index (χ0v) is 8.20. The topological polar surface area (TPSA) is 68.8 Å². The Morgan fingerprint density at radius 3 is 3.00 bits per heavy atom. The van der Waals surface area contributed by atoms with Crippen molar-refractivity contribution < 1.29 is 0 Å². The zero-order valence-electron chi connectivity index (χ0n) is 8.20. The Morgan fingerprint density at radius 2 is 2.46 bits per heavy atom. The van der Waals surface area contributed by atoms with Crippen LogP contribution in [0.15, 0.2) is 6.33 Å².